The van der Waals surface area contributed by atoms with Crippen LogP contribution in [0.3, 0.4) is 0 Å². The number of carbonyl (C=O) groups excluding carboxylic acids is 1. The zero-order valence-electron chi connectivity index (χ0n) is 18.0. The van der Waals surface area contributed by atoms with Gasteiger partial charge < -0.3 is 9.73 Å². The Labute approximate surface area is 197 Å². The number of carbonyl (C=O) groups is 1. The van der Waals surface area contributed by atoms with Crippen LogP contribution in [-0.2, 0) is 11.3 Å². The summed E-state index contributed by atoms with van der Waals surface area (Å²) in [4.78, 5) is 12.7. The molecule has 2 aliphatic carbocycles. The van der Waals surface area contributed by atoms with E-state index in [1.54, 1.807) is 6.26 Å². The van der Waals surface area contributed by atoms with Crippen LogP contribution >= 0.6 is 23.4 Å². The van der Waals surface area contributed by atoms with Gasteiger partial charge in [-0.3, -0.25) is 9.36 Å². The van der Waals surface area contributed by atoms with Crippen molar-refractivity contribution < 1.29 is 9.21 Å². The molecule has 0 spiro atoms. The van der Waals surface area contributed by atoms with Crippen molar-refractivity contribution >= 4 is 29.3 Å². The lowest BCUT2D eigenvalue weighted by Gasteiger charge is -2.28. The molecule has 5 rings (SSSR count). The van der Waals surface area contributed by atoms with Crippen molar-refractivity contribution in [3.63, 3.8) is 0 Å². The van der Waals surface area contributed by atoms with Crippen molar-refractivity contribution in [1.82, 2.24) is 20.1 Å². The molecule has 0 radical (unpaired) electrons. The average Bonchev–Trinajstić information content (AvgIpc) is 3.59. The summed E-state index contributed by atoms with van der Waals surface area (Å²) in [5.41, 5.74) is 0.912. The summed E-state index contributed by atoms with van der Waals surface area (Å²) >= 11 is 7.45. The van der Waals surface area contributed by atoms with Gasteiger partial charge in [0.05, 0.1) is 18.6 Å². The van der Waals surface area contributed by atoms with Crippen LogP contribution in [0.2, 0.25) is 5.02 Å². The molecule has 1 N–H and O–H groups in total. The molecule has 2 saturated carbocycles. The third-order valence-corrected chi connectivity index (χ3v) is 8.09. The second kappa shape index (κ2) is 9.32. The second-order valence-electron chi connectivity index (χ2n) is 8.96. The molecule has 2 fully saturated rings. The first-order chi connectivity index (χ1) is 15.6. The first-order valence-corrected chi connectivity index (χ1v) is 12.6. The Morgan fingerprint density at radius 2 is 2.09 bits per heavy atom. The summed E-state index contributed by atoms with van der Waals surface area (Å²) in [6.45, 7) is 2.65. The highest BCUT2D eigenvalue weighted by molar-refractivity contribution is 7.99. The quantitative estimate of drug-likeness (QED) is 0.454. The van der Waals surface area contributed by atoms with Gasteiger partial charge in [-0.05, 0) is 80.3 Å². The molecule has 1 amide bonds. The number of thioether (sulfide) groups is 1. The molecule has 3 aromatic rings. The van der Waals surface area contributed by atoms with Gasteiger partial charge in [0.15, 0.2) is 11.0 Å². The summed E-state index contributed by atoms with van der Waals surface area (Å²) in [6, 6.07) is 11.5. The number of nitrogens with one attached hydrogen (secondary N) is 1. The van der Waals surface area contributed by atoms with E-state index in [-0.39, 0.29) is 11.9 Å². The van der Waals surface area contributed by atoms with Gasteiger partial charge in [-0.25, -0.2) is 0 Å². The lowest BCUT2D eigenvalue weighted by Crippen LogP contribution is -2.40. The van der Waals surface area contributed by atoms with E-state index in [1.807, 2.05) is 41.0 Å². The fraction of sp³-hybridized carbons (Fsp3) is 0.458. The van der Waals surface area contributed by atoms with E-state index in [1.165, 1.54) is 37.4 Å². The number of aromatic nitrogens is 3. The van der Waals surface area contributed by atoms with Crippen LogP contribution in [0.4, 0.5) is 0 Å². The highest BCUT2D eigenvalue weighted by Crippen LogP contribution is 2.49. The van der Waals surface area contributed by atoms with Crippen molar-refractivity contribution in [3.05, 3.63) is 53.4 Å². The topological polar surface area (TPSA) is 73.0 Å². The minimum Gasteiger partial charge on any atom is -0.467 e. The molecule has 0 saturated heterocycles. The Morgan fingerprint density at radius 3 is 2.78 bits per heavy atom. The zero-order chi connectivity index (χ0) is 22.1. The normalized spacial score (nSPS) is 22.9. The number of hydrogen-bond acceptors (Lipinski definition) is 5. The first kappa shape index (κ1) is 21.6. The number of nitrogens with zero attached hydrogens (tertiary/aromatic N) is 3. The molecule has 168 valence electrons. The Hall–Kier alpha value is -2.25. The third kappa shape index (κ3) is 4.59. The van der Waals surface area contributed by atoms with Crippen molar-refractivity contribution in [1.29, 1.82) is 0 Å². The van der Waals surface area contributed by atoms with Gasteiger partial charge in [-0.15, -0.1) is 10.2 Å². The lowest BCUT2D eigenvalue weighted by atomic mass is 9.84. The van der Waals surface area contributed by atoms with Gasteiger partial charge in [0, 0.05) is 16.6 Å². The van der Waals surface area contributed by atoms with E-state index in [9.17, 15) is 4.79 Å². The molecule has 0 aliphatic heterocycles. The van der Waals surface area contributed by atoms with Gasteiger partial charge in [0.1, 0.15) is 5.76 Å². The van der Waals surface area contributed by atoms with Gasteiger partial charge in [-0.2, -0.15) is 0 Å². The number of rotatable bonds is 8. The molecule has 1 aromatic carbocycles. The number of benzene rings is 1. The molecule has 2 bridgehead atoms. The predicted octanol–water partition coefficient (Wildman–Crippen LogP) is 5.27. The second-order valence-corrected chi connectivity index (χ2v) is 10.3. The van der Waals surface area contributed by atoms with Crippen LogP contribution in [0.5, 0.6) is 0 Å². The number of hydrogen-bond donors (Lipinski definition) is 1. The molecule has 8 heteroatoms. The Bertz CT molecular complexity index is 1070. The van der Waals surface area contributed by atoms with E-state index in [2.05, 4.69) is 22.4 Å². The molecule has 6 nitrogen and oxygen atoms in total. The van der Waals surface area contributed by atoms with Crippen LogP contribution in [0, 0.1) is 17.8 Å². The minimum absolute atomic E-state index is 0.0471. The maximum atomic E-state index is 12.7. The van der Waals surface area contributed by atoms with Crippen LogP contribution in [0.25, 0.3) is 11.4 Å². The van der Waals surface area contributed by atoms with Gasteiger partial charge in [-0.1, -0.05) is 29.8 Å². The van der Waals surface area contributed by atoms with Crippen LogP contribution in [-0.4, -0.2) is 32.5 Å². The summed E-state index contributed by atoms with van der Waals surface area (Å²) < 4.78 is 7.53. The number of amides is 1. The summed E-state index contributed by atoms with van der Waals surface area (Å²) in [5.74, 6) is 4.17. The van der Waals surface area contributed by atoms with E-state index in [0.717, 1.165) is 29.0 Å². The summed E-state index contributed by atoms with van der Waals surface area (Å²) in [6.07, 6.45) is 6.97. The van der Waals surface area contributed by atoms with Gasteiger partial charge >= 0.3 is 0 Å². The highest BCUT2D eigenvalue weighted by atomic mass is 35.5. The largest absolute Gasteiger partial charge is 0.467 e. The number of fused-ring (bicyclic) bond motifs is 2. The molecule has 4 unspecified atom stereocenters. The standard InChI is InChI=1S/C24H27ClN4O2S/c1-15(21-12-16-4-5-18(21)11-16)26-22(30)14-32-24-28-27-23(17-6-8-19(25)9-7-17)29(24)13-20-3-2-10-31-20/h2-3,6-10,15-16,18,21H,4-5,11-14H2,1H3,(H,26,30). The zero-order valence-corrected chi connectivity index (χ0v) is 19.6. The Kier molecular flexibility index (Phi) is 6.28. The van der Waals surface area contributed by atoms with Crippen molar-refractivity contribution in [3.8, 4) is 11.4 Å². The highest BCUT2D eigenvalue weighted by Gasteiger charge is 2.42. The van der Waals surface area contributed by atoms with Gasteiger partial charge in [0.2, 0.25) is 5.91 Å². The van der Waals surface area contributed by atoms with E-state index < -0.39 is 0 Å². The fourth-order valence-corrected chi connectivity index (χ4v) is 6.22. The van der Waals surface area contributed by atoms with E-state index in [0.29, 0.717) is 28.4 Å². The maximum Gasteiger partial charge on any atom is 0.230 e. The van der Waals surface area contributed by atoms with Crippen LogP contribution < -0.4 is 5.32 Å². The average molecular weight is 471 g/mol. The predicted molar refractivity (Wildman–Crippen MR) is 126 cm³/mol. The summed E-state index contributed by atoms with van der Waals surface area (Å²) in [5, 5.41) is 13.4. The van der Waals surface area contributed by atoms with Crippen molar-refractivity contribution in [2.45, 2.75) is 50.4 Å². The smallest absolute Gasteiger partial charge is 0.230 e. The molecule has 2 aromatic heterocycles. The Morgan fingerprint density at radius 1 is 1.25 bits per heavy atom. The third-order valence-electron chi connectivity index (χ3n) is 6.87. The number of furan rings is 1. The molecule has 4 atom stereocenters. The van der Waals surface area contributed by atoms with E-state index in [4.69, 9.17) is 16.0 Å². The lowest BCUT2D eigenvalue weighted by molar-refractivity contribution is -0.119. The molecular formula is C24H27ClN4O2S. The Balaban J connectivity index is 1.27. The van der Waals surface area contributed by atoms with Crippen molar-refractivity contribution in [2.24, 2.45) is 17.8 Å². The van der Waals surface area contributed by atoms with Crippen LogP contribution in [0.15, 0.2) is 52.2 Å². The molecule has 2 heterocycles. The SMILES string of the molecule is CC(NC(=O)CSc1nnc(-c2ccc(Cl)cc2)n1Cc1ccco1)C1CC2CCC1C2. The van der Waals surface area contributed by atoms with Gasteiger partial charge in [0.25, 0.3) is 0 Å². The van der Waals surface area contributed by atoms with E-state index >= 15 is 0 Å². The molecular weight excluding hydrogens is 444 g/mol. The minimum atomic E-state index is 0.0471. The van der Waals surface area contributed by atoms with Crippen LogP contribution in [0.1, 0.15) is 38.4 Å². The number of halogens is 1. The molecule has 2 aliphatic rings. The van der Waals surface area contributed by atoms with Crippen molar-refractivity contribution in [2.75, 3.05) is 5.75 Å². The summed E-state index contributed by atoms with van der Waals surface area (Å²) in [7, 11) is 0. The maximum absolute atomic E-state index is 12.7. The molecule has 32 heavy (non-hydrogen) atoms. The fourth-order valence-electron chi connectivity index (χ4n) is 5.35. The monoisotopic (exact) mass is 470 g/mol. The first-order valence-electron chi connectivity index (χ1n) is 11.2.